The number of nitrogens with two attached hydrogens (primary N) is 2. The fourth-order valence-electron chi connectivity index (χ4n) is 1.02. The number of rotatable bonds is 8. The zero-order valence-electron chi connectivity index (χ0n) is 9.26. The van der Waals surface area contributed by atoms with Crippen LogP contribution in [0.3, 0.4) is 0 Å². The summed E-state index contributed by atoms with van der Waals surface area (Å²) in [7, 11) is 0. The second kappa shape index (κ2) is 7.58. The lowest BCUT2D eigenvalue weighted by Crippen LogP contribution is -2.43. The van der Waals surface area contributed by atoms with E-state index in [1.54, 1.807) is 0 Å². The maximum absolute atomic E-state index is 11.3. The molecule has 0 heterocycles. The molecule has 0 bridgehead atoms. The molecule has 0 aliphatic carbocycles. The highest BCUT2D eigenvalue weighted by Crippen LogP contribution is 1.95. The van der Waals surface area contributed by atoms with Crippen molar-refractivity contribution in [3.63, 3.8) is 0 Å². The molecule has 0 spiro atoms. The van der Waals surface area contributed by atoms with Crippen molar-refractivity contribution >= 4 is 17.8 Å². The van der Waals surface area contributed by atoms with Gasteiger partial charge in [-0.1, -0.05) is 0 Å². The van der Waals surface area contributed by atoms with E-state index in [0.29, 0.717) is 0 Å². The molecule has 0 saturated heterocycles. The fraction of sp³-hybridized carbons (Fsp3) is 0.667. The first kappa shape index (κ1) is 15.3. The van der Waals surface area contributed by atoms with E-state index in [9.17, 15) is 14.4 Å². The molecule has 98 valence electrons. The van der Waals surface area contributed by atoms with E-state index in [1.165, 1.54) is 0 Å². The second-order valence-corrected chi connectivity index (χ2v) is 3.56. The molecule has 0 saturated carbocycles. The Bertz CT molecular complexity index is 294. The number of aliphatic carboxylic acids is 2. The molecule has 0 fully saturated rings. The van der Waals surface area contributed by atoms with Crippen LogP contribution in [0.1, 0.15) is 19.3 Å². The van der Waals surface area contributed by atoms with Gasteiger partial charge in [-0.05, 0) is 12.8 Å². The molecule has 7 N–H and O–H groups in total. The van der Waals surface area contributed by atoms with Crippen LogP contribution in [0, 0.1) is 0 Å². The van der Waals surface area contributed by atoms with Gasteiger partial charge in [0.2, 0.25) is 5.91 Å². The Morgan fingerprint density at radius 1 is 1.06 bits per heavy atom. The number of carbonyl (C=O) groups is 3. The molecule has 0 radical (unpaired) electrons. The van der Waals surface area contributed by atoms with Crippen LogP contribution in [0.15, 0.2) is 0 Å². The summed E-state index contributed by atoms with van der Waals surface area (Å²) in [5.74, 6) is -2.68. The Hall–Kier alpha value is -1.67. The van der Waals surface area contributed by atoms with E-state index in [2.05, 4.69) is 5.32 Å². The number of nitrogens with one attached hydrogen (secondary N) is 1. The van der Waals surface area contributed by atoms with Gasteiger partial charge in [-0.15, -0.1) is 0 Å². The topological polar surface area (TPSA) is 156 Å². The maximum atomic E-state index is 11.3. The van der Waals surface area contributed by atoms with Crippen LogP contribution in [-0.2, 0) is 14.4 Å². The van der Waals surface area contributed by atoms with E-state index < -0.39 is 29.9 Å². The number of carbonyl (C=O) groups excluding carboxylic acids is 1. The summed E-state index contributed by atoms with van der Waals surface area (Å²) < 4.78 is 0. The smallest absolute Gasteiger partial charge is 0.320 e. The lowest BCUT2D eigenvalue weighted by Gasteiger charge is -2.12. The number of hydrogen-bond acceptors (Lipinski definition) is 5. The molecule has 0 aliphatic heterocycles. The highest BCUT2D eigenvalue weighted by Gasteiger charge is 2.16. The van der Waals surface area contributed by atoms with Crippen molar-refractivity contribution in [3.05, 3.63) is 0 Å². The molecule has 17 heavy (non-hydrogen) atoms. The Labute approximate surface area is 98.0 Å². The quantitative estimate of drug-likeness (QED) is 0.335. The van der Waals surface area contributed by atoms with Crippen molar-refractivity contribution in [2.75, 3.05) is 6.54 Å². The number of carboxylic acids is 2. The summed E-state index contributed by atoms with van der Waals surface area (Å²) >= 11 is 0. The third-order valence-corrected chi connectivity index (χ3v) is 2.08. The highest BCUT2D eigenvalue weighted by atomic mass is 16.4. The predicted octanol–water partition coefficient (Wildman–Crippen LogP) is -1.90. The standard InChI is InChI=1S/C9H17N3O5/c10-5(1-2-7(13)14)8(15)12-4-3-6(11)9(16)17/h5-6H,1-4,10-11H2,(H,12,15)(H,13,14)(H,16,17). The van der Waals surface area contributed by atoms with Gasteiger partial charge in [0.05, 0.1) is 6.04 Å². The van der Waals surface area contributed by atoms with Crippen molar-refractivity contribution in [1.29, 1.82) is 0 Å². The molecule has 0 rings (SSSR count). The third kappa shape index (κ3) is 7.25. The average molecular weight is 247 g/mol. The minimum Gasteiger partial charge on any atom is -0.481 e. The van der Waals surface area contributed by atoms with Crippen molar-refractivity contribution in [2.45, 2.75) is 31.3 Å². The van der Waals surface area contributed by atoms with Crippen LogP contribution in [0.25, 0.3) is 0 Å². The number of carboxylic acid groups (broad SMARTS) is 2. The molecule has 0 aromatic heterocycles. The molecule has 1 amide bonds. The molecule has 8 heteroatoms. The highest BCUT2D eigenvalue weighted by molar-refractivity contribution is 5.82. The molecule has 0 aliphatic rings. The fourth-order valence-corrected chi connectivity index (χ4v) is 1.02. The molecule has 8 nitrogen and oxygen atoms in total. The molecular formula is C9H17N3O5. The largest absolute Gasteiger partial charge is 0.481 e. The van der Waals surface area contributed by atoms with E-state index >= 15 is 0 Å². The van der Waals surface area contributed by atoms with Gasteiger partial charge in [-0.2, -0.15) is 0 Å². The van der Waals surface area contributed by atoms with Crippen LogP contribution in [0.5, 0.6) is 0 Å². The normalized spacial score (nSPS) is 13.8. The Balaban J connectivity index is 3.78. The second-order valence-electron chi connectivity index (χ2n) is 3.56. The van der Waals surface area contributed by atoms with Crippen LogP contribution in [0.2, 0.25) is 0 Å². The molecule has 0 aromatic rings. The van der Waals surface area contributed by atoms with E-state index in [0.717, 1.165) is 0 Å². The van der Waals surface area contributed by atoms with Crippen LogP contribution in [-0.4, -0.2) is 46.7 Å². The maximum Gasteiger partial charge on any atom is 0.320 e. The van der Waals surface area contributed by atoms with Crippen molar-refractivity contribution in [3.8, 4) is 0 Å². The predicted molar refractivity (Wildman–Crippen MR) is 58.1 cm³/mol. The van der Waals surface area contributed by atoms with Gasteiger partial charge in [0.15, 0.2) is 0 Å². The van der Waals surface area contributed by atoms with Crippen LogP contribution in [0.4, 0.5) is 0 Å². The average Bonchev–Trinajstić information content (AvgIpc) is 2.25. The first-order valence-corrected chi connectivity index (χ1v) is 5.08. The van der Waals surface area contributed by atoms with Crippen molar-refractivity contribution in [2.24, 2.45) is 11.5 Å². The zero-order valence-corrected chi connectivity index (χ0v) is 9.26. The van der Waals surface area contributed by atoms with Gasteiger partial charge < -0.3 is 27.0 Å². The molecule has 2 unspecified atom stereocenters. The monoisotopic (exact) mass is 247 g/mol. The third-order valence-electron chi connectivity index (χ3n) is 2.08. The van der Waals surface area contributed by atoms with Crippen molar-refractivity contribution in [1.82, 2.24) is 5.32 Å². The summed E-state index contributed by atoms with van der Waals surface area (Å²) in [5.41, 5.74) is 10.6. The lowest BCUT2D eigenvalue weighted by molar-refractivity contribution is -0.139. The van der Waals surface area contributed by atoms with Gasteiger partial charge in [0, 0.05) is 13.0 Å². The van der Waals surface area contributed by atoms with Crippen LogP contribution >= 0.6 is 0 Å². The van der Waals surface area contributed by atoms with E-state index in [1.807, 2.05) is 0 Å². The Morgan fingerprint density at radius 2 is 1.65 bits per heavy atom. The molecule has 0 aromatic carbocycles. The lowest BCUT2D eigenvalue weighted by atomic mass is 10.1. The van der Waals surface area contributed by atoms with E-state index in [-0.39, 0.29) is 25.8 Å². The Morgan fingerprint density at radius 3 is 2.12 bits per heavy atom. The number of amides is 1. The van der Waals surface area contributed by atoms with Gasteiger partial charge in [-0.3, -0.25) is 14.4 Å². The molecule has 2 atom stereocenters. The van der Waals surface area contributed by atoms with Gasteiger partial charge in [-0.25, -0.2) is 0 Å². The van der Waals surface area contributed by atoms with Crippen LogP contribution < -0.4 is 16.8 Å². The van der Waals surface area contributed by atoms with Gasteiger partial charge in [0.25, 0.3) is 0 Å². The minimum atomic E-state index is -1.14. The minimum absolute atomic E-state index is 0.0339. The molecular weight excluding hydrogens is 230 g/mol. The summed E-state index contributed by atoms with van der Waals surface area (Å²) in [6, 6.07) is -1.95. The summed E-state index contributed by atoms with van der Waals surface area (Å²) in [5, 5.41) is 19.3. The first-order chi connectivity index (χ1) is 7.84. The Kier molecular flexibility index (Phi) is 6.83. The summed E-state index contributed by atoms with van der Waals surface area (Å²) in [4.78, 5) is 31.9. The van der Waals surface area contributed by atoms with E-state index in [4.69, 9.17) is 21.7 Å². The number of hydrogen-bond donors (Lipinski definition) is 5. The van der Waals surface area contributed by atoms with Gasteiger partial charge >= 0.3 is 11.9 Å². The van der Waals surface area contributed by atoms with Gasteiger partial charge in [0.1, 0.15) is 6.04 Å². The first-order valence-electron chi connectivity index (χ1n) is 5.08. The zero-order chi connectivity index (χ0) is 13.4. The summed E-state index contributed by atoms with van der Waals surface area (Å²) in [6.07, 6.45) is -0.0674. The SMILES string of the molecule is NC(CCNC(=O)C(N)CCC(=O)O)C(=O)O. The summed E-state index contributed by atoms with van der Waals surface area (Å²) in [6.45, 7) is 0.0903. The van der Waals surface area contributed by atoms with Crippen molar-refractivity contribution < 1.29 is 24.6 Å².